The van der Waals surface area contributed by atoms with Gasteiger partial charge in [-0.25, -0.2) is 0 Å². The van der Waals surface area contributed by atoms with Crippen LogP contribution in [0.3, 0.4) is 0 Å². The molecule has 1 radical (unpaired) electrons. The maximum atomic E-state index is 9.98. The SMILES string of the molecule is O.O=C([O-])[C@H](O)[C@@H](O)[C@H](O)[C@H](O)CO.O=C([O-])[C@H](O)[C@@H](O)[C@H](O)[C@H](O)CO.[Cu+2]. The van der Waals surface area contributed by atoms with Crippen molar-refractivity contribution in [1.82, 2.24) is 0 Å². The summed E-state index contributed by atoms with van der Waals surface area (Å²) in [7, 11) is 0. The summed E-state index contributed by atoms with van der Waals surface area (Å²) in [5.74, 6) is -3.95. The molecule has 8 atom stereocenters. The van der Waals surface area contributed by atoms with Crippen molar-refractivity contribution in [3.8, 4) is 0 Å². The van der Waals surface area contributed by atoms with Crippen molar-refractivity contribution in [1.29, 1.82) is 0 Å². The third-order valence-electron chi connectivity index (χ3n) is 2.99. The van der Waals surface area contributed by atoms with Crippen LogP contribution in [0.1, 0.15) is 0 Å². The summed E-state index contributed by atoms with van der Waals surface area (Å²) < 4.78 is 0. The predicted octanol–water partition coefficient (Wildman–Crippen LogP) is -10.5. The first-order valence-electron chi connectivity index (χ1n) is 6.91. The van der Waals surface area contributed by atoms with E-state index in [1.165, 1.54) is 0 Å². The number of hydrogen-bond donors (Lipinski definition) is 10. The van der Waals surface area contributed by atoms with E-state index in [1.54, 1.807) is 0 Å². The minimum atomic E-state index is -2.31. The summed E-state index contributed by atoms with van der Waals surface area (Å²) in [6.07, 6.45) is -16.2. The van der Waals surface area contributed by atoms with Crippen LogP contribution in [-0.2, 0) is 26.7 Å². The maximum absolute atomic E-state index is 9.98. The minimum absolute atomic E-state index is 0. The van der Waals surface area contributed by atoms with Crippen molar-refractivity contribution in [2.75, 3.05) is 13.2 Å². The molecular formula is C12H24CuO15. The molecule has 16 heteroatoms. The Morgan fingerprint density at radius 2 is 0.821 bits per heavy atom. The molecule has 0 aliphatic rings. The standard InChI is InChI=1S/2C6H12O7.Cu.H2O/c2*7-1-2(8)3(9)4(10)5(11)6(12)13;;/h2*2-5,7-11H,1H2,(H,12,13);;1H2/q;;+2;/p-2/t2*2-,3-,4+,5-;;/m11../s1. The van der Waals surface area contributed by atoms with Crippen LogP contribution in [0.15, 0.2) is 0 Å². The number of aliphatic hydroxyl groups is 10. The van der Waals surface area contributed by atoms with E-state index in [0.717, 1.165) is 0 Å². The zero-order valence-corrected chi connectivity index (χ0v) is 14.9. The van der Waals surface area contributed by atoms with Crippen LogP contribution < -0.4 is 10.2 Å². The summed E-state index contributed by atoms with van der Waals surface area (Å²) in [6, 6.07) is 0. The van der Waals surface area contributed by atoms with Gasteiger partial charge in [0.25, 0.3) is 0 Å². The molecular weight excluding hydrogens is 448 g/mol. The van der Waals surface area contributed by atoms with Gasteiger partial charge in [-0.15, -0.1) is 0 Å². The molecule has 0 bridgehead atoms. The van der Waals surface area contributed by atoms with Crippen LogP contribution in [-0.4, -0.2) is 131 Å². The van der Waals surface area contributed by atoms with E-state index in [2.05, 4.69) is 0 Å². The fourth-order valence-electron chi connectivity index (χ4n) is 1.32. The van der Waals surface area contributed by atoms with Crippen LogP contribution in [0.5, 0.6) is 0 Å². The zero-order valence-electron chi connectivity index (χ0n) is 13.9. The summed E-state index contributed by atoms with van der Waals surface area (Å²) in [4.78, 5) is 20.0. The average molecular weight is 472 g/mol. The van der Waals surface area contributed by atoms with Crippen molar-refractivity contribution in [2.24, 2.45) is 0 Å². The molecule has 12 N–H and O–H groups in total. The molecule has 0 aromatic heterocycles. The smallest absolute Gasteiger partial charge is 0.547 e. The number of carboxylic acids is 2. The van der Waals surface area contributed by atoms with Crippen molar-refractivity contribution >= 4 is 11.9 Å². The Bertz CT molecular complexity index is 386. The molecule has 0 amide bonds. The van der Waals surface area contributed by atoms with Gasteiger partial charge in [0.05, 0.1) is 25.2 Å². The third kappa shape index (κ3) is 11.8. The number of carbonyl (C=O) groups excluding carboxylic acids is 2. The summed E-state index contributed by atoms with van der Waals surface area (Å²) in [5.41, 5.74) is 0. The topological polar surface area (TPSA) is 314 Å². The van der Waals surface area contributed by atoms with Gasteiger partial charge in [-0.05, 0) is 0 Å². The molecule has 15 nitrogen and oxygen atoms in total. The molecule has 0 saturated heterocycles. The Balaban J connectivity index is -0.000000192. The normalized spacial score (nSPS) is 18.9. The van der Waals surface area contributed by atoms with Gasteiger partial charge in [-0.3, -0.25) is 0 Å². The minimum Gasteiger partial charge on any atom is -0.547 e. The molecule has 0 aromatic rings. The van der Waals surface area contributed by atoms with Gasteiger partial charge < -0.3 is 76.3 Å². The number of carbonyl (C=O) groups is 2. The van der Waals surface area contributed by atoms with Gasteiger partial charge >= 0.3 is 17.1 Å². The molecule has 173 valence electrons. The molecule has 0 unspecified atom stereocenters. The number of aliphatic hydroxyl groups excluding tert-OH is 10. The van der Waals surface area contributed by atoms with Crippen LogP contribution in [0.25, 0.3) is 0 Å². The van der Waals surface area contributed by atoms with Crippen LogP contribution in [0, 0.1) is 0 Å². The fourth-order valence-corrected chi connectivity index (χ4v) is 1.32. The molecule has 0 aromatic carbocycles. The maximum Gasteiger partial charge on any atom is 2.00 e. The molecule has 0 saturated carbocycles. The average Bonchev–Trinajstić information content (AvgIpc) is 2.62. The molecule has 0 rings (SSSR count). The summed E-state index contributed by atoms with van der Waals surface area (Å²) in [5, 5.41) is 107. The van der Waals surface area contributed by atoms with Crippen molar-refractivity contribution in [3.05, 3.63) is 0 Å². The predicted molar refractivity (Wildman–Crippen MR) is 75.9 cm³/mol. The zero-order chi connectivity index (χ0) is 21.2. The van der Waals surface area contributed by atoms with Crippen LogP contribution >= 0.6 is 0 Å². The largest absolute Gasteiger partial charge is 2.00 e. The Morgan fingerprint density at radius 1 is 0.607 bits per heavy atom. The Labute approximate surface area is 168 Å². The van der Waals surface area contributed by atoms with Gasteiger partial charge in [-0.2, -0.15) is 0 Å². The quantitative estimate of drug-likeness (QED) is 0.132. The van der Waals surface area contributed by atoms with Gasteiger partial charge in [0.2, 0.25) is 0 Å². The molecule has 28 heavy (non-hydrogen) atoms. The Morgan fingerprint density at radius 3 is 0.964 bits per heavy atom. The van der Waals surface area contributed by atoms with Gasteiger partial charge in [0.15, 0.2) is 0 Å². The van der Waals surface area contributed by atoms with Crippen molar-refractivity contribution in [3.63, 3.8) is 0 Å². The summed E-state index contributed by atoms with van der Waals surface area (Å²) in [6.45, 7) is -1.73. The number of hydrogen-bond acceptors (Lipinski definition) is 14. The van der Waals surface area contributed by atoms with E-state index >= 15 is 0 Å². The van der Waals surface area contributed by atoms with Crippen LogP contribution in [0.2, 0.25) is 0 Å². The van der Waals surface area contributed by atoms with Crippen molar-refractivity contribution in [2.45, 2.75) is 48.8 Å². The number of aliphatic carboxylic acids is 2. The molecule has 0 spiro atoms. The van der Waals surface area contributed by atoms with Crippen molar-refractivity contribution < 1.29 is 93.4 Å². The summed E-state index contributed by atoms with van der Waals surface area (Å²) >= 11 is 0. The van der Waals surface area contributed by atoms with E-state index in [-0.39, 0.29) is 22.5 Å². The molecule has 0 aliphatic heterocycles. The first kappa shape index (κ1) is 34.5. The van der Waals surface area contributed by atoms with Gasteiger partial charge in [0.1, 0.15) is 48.8 Å². The van der Waals surface area contributed by atoms with E-state index in [0.29, 0.717) is 0 Å². The Hall–Kier alpha value is -0.981. The first-order chi connectivity index (χ1) is 11.8. The fraction of sp³-hybridized carbons (Fsp3) is 0.833. The molecule has 0 fully saturated rings. The van der Waals surface area contributed by atoms with Gasteiger partial charge in [-0.1, -0.05) is 0 Å². The van der Waals surface area contributed by atoms with E-state index < -0.39 is 74.0 Å². The van der Waals surface area contributed by atoms with Gasteiger partial charge in [0, 0.05) is 0 Å². The first-order valence-corrected chi connectivity index (χ1v) is 6.91. The number of carboxylic acid groups (broad SMARTS) is 2. The van der Waals surface area contributed by atoms with E-state index in [1.807, 2.05) is 0 Å². The van der Waals surface area contributed by atoms with Crippen LogP contribution in [0.4, 0.5) is 0 Å². The molecule has 0 heterocycles. The number of rotatable bonds is 10. The van der Waals surface area contributed by atoms with E-state index in [4.69, 9.17) is 51.1 Å². The second kappa shape index (κ2) is 16.9. The molecule has 0 aliphatic carbocycles. The third-order valence-corrected chi connectivity index (χ3v) is 2.99. The Kier molecular flexibility index (Phi) is 20.9. The van der Waals surface area contributed by atoms with E-state index in [9.17, 15) is 19.8 Å². The monoisotopic (exact) mass is 471 g/mol. The second-order valence-corrected chi connectivity index (χ2v) is 4.99. The second-order valence-electron chi connectivity index (χ2n) is 4.99.